The van der Waals surface area contributed by atoms with Gasteiger partial charge < -0.3 is 21.1 Å². The molecular weight excluding hydrogens is 364 g/mol. The minimum Gasteiger partial charge on any atom is -0.396 e. The molecule has 1 aromatic carbocycles. The van der Waals surface area contributed by atoms with Gasteiger partial charge in [0.15, 0.2) is 5.96 Å². The molecule has 0 atom stereocenters. The van der Waals surface area contributed by atoms with E-state index in [1.807, 2.05) is 31.2 Å². The van der Waals surface area contributed by atoms with Crippen molar-refractivity contribution >= 4 is 17.6 Å². The average molecular weight is 403 g/mol. The molecular formula is C23H38N4O2. The highest BCUT2D eigenvalue weighted by Crippen LogP contribution is 2.38. The molecule has 1 aliphatic rings. The number of carbonyl (C=O) groups is 1. The zero-order valence-electron chi connectivity index (χ0n) is 18.1. The maximum Gasteiger partial charge on any atom is 0.224 e. The molecule has 2 rings (SSSR count). The molecule has 0 aromatic heterocycles. The molecule has 1 amide bonds. The second kappa shape index (κ2) is 12.5. The van der Waals surface area contributed by atoms with Crippen molar-refractivity contribution in [2.24, 2.45) is 10.4 Å². The highest BCUT2D eigenvalue weighted by Gasteiger charge is 2.31. The quantitative estimate of drug-likeness (QED) is 0.354. The van der Waals surface area contributed by atoms with Crippen molar-refractivity contribution in [3.63, 3.8) is 0 Å². The van der Waals surface area contributed by atoms with E-state index in [0.717, 1.165) is 43.1 Å². The van der Waals surface area contributed by atoms with Gasteiger partial charge in [0.05, 0.1) is 6.54 Å². The minimum absolute atomic E-state index is 0.0522. The molecule has 0 unspecified atom stereocenters. The van der Waals surface area contributed by atoms with Crippen LogP contribution in [0.2, 0.25) is 0 Å². The first-order valence-corrected chi connectivity index (χ1v) is 11.1. The molecule has 1 aliphatic carbocycles. The van der Waals surface area contributed by atoms with Gasteiger partial charge >= 0.3 is 0 Å². The van der Waals surface area contributed by atoms with E-state index in [0.29, 0.717) is 13.0 Å². The summed E-state index contributed by atoms with van der Waals surface area (Å²) in [6.45, 7) is 6.54. The van der Waals surface area contributed by atoms with Crippen LogP contribution >= 0.6 is 0 Å². The molecule has 1 saturated carbocycles. The van der Waals surface area contributed by atoms with Crippen molar-refractivity contribution in [3.05, 3.63) is 29.8 Å². The van der Waals surface area contributed by atoms with Crippen molar-refractivity contribution < 1.29 is 9.90 Å². The van der Waals surface area contributed by atoms with Crippen molar-refractivity contribution in [3.8, 4) is 0 Å². The molecule has 1 aromatic rings. The first-order chi connectivity index (χ1) is 14.1. The molecule has 1 fully saturated rings. The van der Waals surface area contributed by atoms with Crippen LogP contribution in [0.3, 0.4) is 0 Å². The van der Waals surface area contributed by atoms with E-state index in [2.05, 4.69) is 22.9 Å². The number of hydrogen-bond donors (Lipinski definition) is 4. The largest absolute Gasteiger partial charge is 0.396 e. The molecule has 6 nitrogen and oxygen atoms in total. The van der Waals surface area contributed by atoms with Crippen LogP contribution in [0.5, 0.6) is 0 Å². The number of anilines is 1. The number of aliphatic imine (C=N–C) groups is 1. The number of aliphatic hydroxyl groups is 1. The Bertz CT molecular complexity index is 631. The van der Waals surface area contributed by atoms with Crippen LogP contribution in [0.1, 0.15) is 70.8 Å². The zero-order valence-corrected chi connectivity index (χ0v) is 18.1. The third-order valence-corrected chi connectivity index (χ3v) is 5.67. The molecule has 0 radical (unpaired) electrons. The fourth-order valence-electron chi connectivity index (χ4n) is 3.98. The highest BCUT2D eigenvalue weighted by molar-refractivity contribution is 5.90. The maximum absolute atomic E-state index is 11.7. The number of rotatable bonds is 10. The van der Waals surface area contributed by atoms with E-state index < -0.39 is 0 Å². The van der Waals surface area contributed by atoms with Crippen LogP contribution < -0.4 is 16.0 Å². The SMILES string of the molecule is CCCC(=O)Nc1ccc(CN=C(NCC)NCC2(CCO)CCCCC2)cc1. The standard InChI is InChI=1S/C23H38N4O2/c1-3-8-21(29)27-20-11-9-19(10-12-20)17-25-22(24-4-2)26-18-23(15-16-28)13-6-5-7-14-23/h9-12,28H,3-8,13-18H2,1-2H3,(H,27,29)(H2,24,25,26). The van der Waals surface area contributed by atoms with Gasteiger partial charge in [0.2, 0.25) is 5.91 Å². The number of nitrogens with zero attached hydrogens (tertiary/aromatic N) is 1. The lowest BCUT2D eigenvalue weighted by molar-refractivity contribution is -0.116. The number of hydrogen-bond acceptors (Lipinski definition) is 3. The van der Waals surface area contributed by atoms with Crippen LogP contribution in [0.4, 0.5) is 5.69 Å². The molecule has 162 valence electrons. The first-order valence-electron chi connectivity index (χ1n) is 11.1. The summed E-state index contributed by atoms with van der Waals surface area (Å²) in [5.74, 6) is 0.868. The molecule has 0 saturated heterocycles. The average Bonchev–Trinajstić information content (AvgIpc) is 2.72. The van der Waals surface area contributed by atoms with Gasteiger partial charge in [-0.05, 0) is 55.7 Å². The minimum atomic E-state index is 0.0522. The lowest BCUT2D eigenvalue weighted by Gasteiger charge is -2.37. The summed E-state index contributed by atoms with van der Waals surface area (Å²) in [6.07, 6.45) is 8.38. The van der Waals surface area contributed by atoms with E-state index in [4.69, 9.17) is 4.99 Å². The topological polar surface area (TPSA) is 85.8 Å². The van der Waals surface area contributed by atoms with Crippen LogP contribution in [0.15, 0.2) is 29.3 Å². The molecule has 29 heavy (non-hydrogen) atoms. The third kappa shape index (κ3) is 8.05. The Balaban J connectivity index is 1.93. The zero-order chi connectivity index (χ0) is 21.0. The summed E-state index contributed by atoms with van der Waals surface area (Å²) in [5.41, 5.74) is 2.10. The Kier molecular flexibility index (Phi) is 9.98. The number of benzene rings is 1. The normalized spacial score (nSPS) is 16.3. The Morgan fingerprint density at radius 1 is 1.10 bits per heavy atom. The molecule has 6 heteroatoms. The van der Waals surface area contributed by atoms with Gasteiger partial charge in [0.1, 0.15) is 0 Å². The van der Waals surface area contributed by atoms with Crippen molar-refractivity contribution in [2.45, 2.75) is 71.8 Å². The third-order valence-electron chi connectivity index (χ3n) is 5.67. The Labute approximate surface area is 175 Å². The van der Waals surface area contributed by atoms with Crippen LogP contribution in [0, 0.1) is 5.41 Å². The number of aliphatic hydroxyl groups excluding tert-OH is 1. The van der Waals surface area contributed by atoms with Gasteiger partial charge in [0, 0.05) is 31.8 Å². The molecule has 0 spiro atoms. The smallest absolute Gasteiger partial charge is 0.224 e. The second-order valence-corrected chi connectivity index (χ2v) is 8.08. The Morgan fingerprint density at radius 2 is 1.83 bits per heavy atom. The molecule has 0 aliphatic heterocycles. The summed E-state index contributed by atoms with van der Waals surface area (Å²) in [4.78, 5) is 16.4. The molecule has 0 heterocycles. The van der Waals surface area contributed by atoms with Crippen molar-refractivity contribution in [1.29, 1.82) is 0 Å². The van der Waals surface area contributed by atoms with E-state index in [9.17, 15) is 9.90 Å². The van der Waals surface area contributed by atoms with E-state index in [1.165, 1.54) is 32.1 Å². The van der Waals surface area contributed by atoms with Crippen molar-refractivity contribution in [1.82, 2.24) is 10.6 Å². The fourth-order valence-corrected chi connectivity index (χ4v) is 3.98. The van der Waals surface area contributed by atoms with Crippen molar-refractivity contribution in [2.75, 3.05) is 25.0 Å². The molecule has 0 bridgehead atoms. The maximum atomic E-state index is 11.7. The summed E-state index contributed by atoms with van der Waals surface area (Å²) in [7, 11) is 0. The monoisotopic (exact) mass is 402 g/mol. The van der Waals surface area contributed by atoms with E-state index >= 15 is 0 Å². The Morgan fingerprint density at radius 3 is 2.45 bits per heavy atom. The number of carbonyl (C=O) groups excluding carboxylic acids is 1. The predicted molar refractivity (Wildman–Crippen MR) is 120 cm³/mol. The summed E-state index contributed by atoms with van der Waals surface area (Å²) >= 11 is 0. The lowest BCUT2D eigenvalue weighted by atomic mass is 9.72. The molecule has 4 N–H and O–H groups in total. The van der Waals surface area contributed by atoms with E-state index in [1.54, 1.807) is 0 Å². The highest BCUT2D eigenvalue weighted by atomic mass is 16.3. The van der Waals surface area contributed by atoms with E-state index in [-0.39, 0.29) is 17.9 Å². The summed E-state index contributed by atoms with van der Waals surface area (Å²) in [6, 6.07) is 7.86. The Hall–Kier alpha value is -2.08. The summed E-state index contributed by atoms with van der Waals surface area (Å²) < 4.78 is 0. The van der Waals surface area contributed by atoms with Gasteiger partial charge in [-0.2, -0.15) is 0 Å². The van der Waals surface area contributed by atoms with Gasteiger partial charge in [-0.1, -0.05) is 38.3 Å². The number of guanidine groups is 1. The van der Waals surface area contributed by atoms with Gasteiger partial charge in [0.25, 0.3) is 0 Å². The van der Waals surface area contributed by atoms with Crippen LogP contribution in [-0.2, 0) is 11.3 Å². The predicted octanol–water partition coefficient (Wildman–Crippen LogP) is 3.81. The fraction of sp³-hybridized carbons (Fsp3) is 0.652. The second-order valence-electron chi connectivity index (χ2n) is 8.08. The first kappa shape index (κ1) is 23.2. The van der Waals surface area contributed by atoms with Gasteiger partial charge in [-0.25, -0.2) is 4.99 Å². The number of nitrogens with one attached hydrogen (secondary N) is 3. The van der Waals surface area contributed by atoms with Gasteiger partial charge in [-0.3, -0.25) is 4.79 Å². The number of amides is 1. The van der Waals surface area contributed by atoms with Gasteiger partial charge in [-0.15, -0.1) is 0 Å². The summed E-state index contributed by atoms with van der Waals surface area (Å²) in [5, 5.41) is 19.3. The lowest BCUT2D eigenvalue weighted by Crippen LogP contribution is -2.44. The van der Waals surface area contributed by atoms with Crippen LogP contribution in [-0.4, -0.2) is 36.7 Å². The van der Waals surface area contributed by atoms with Crippen LogP contribution in [0.25, 0.3) is 0 Å².